The van der Waals surface area contributed by atoms with Gasteiger partial charge in [-0.3, -0.25) is 5.41 Å². The predicted molar refractivity (Wildman–Crippen MR) is 31.4 cm³/mol. The highest BCUT2D eigenvalue weighted by molar-refractivity contribution is 5.76. The molecule has 0 amide bonds. The zero-order valence-corrected chi connectivity index (χ0v) is 4.13. The largest absolute Gasteiger partial charge is 0.289 e. The summed E-state index contributed by atoms with van der Waals surface area (Å²) in [6, 6.07) is 0. The van der Waals surface area contributed by atoms with Gasteiger partial charge < -0.3 is 0 Å². The fourth-order valence-corrected chi connectivity index (χ4v) is 0.138. The lowest BCUT2D eigenvalue weighted by atomic mass is 10.9. The van der Waals surface area contributed by atoms with E-state index in [0.717, 1.165) is 6.34 Å². The van der Waals surface area contributed by atoms with E-state index in [1.54, 1.807) is 13.1 Å². The molecule has 0 bridgehead atoms. The molecule has 3 nitrogen and oxygen atoms in total. The molecule has 0 saturated heterocycles. The second-order valence-electron chi connectivity index (χ2n) is 0.801. The first-order valence-corrected chi connectivity index (χ1v) is 1.90. The van der Waals surface area contributed by atoms with E-state index in [1.165, 1.54) is 6.34 Å². The zero-order chi connectivity index (χ0) is 5.54. The van der Waals surface area contributed by atoms with E-state index >= 15 is 0 Å². The fraction of sp³-hybridized carbons (Fsp3) is 0.250. The topological polar surface area (TPSA) is 48.6 Å². The van der Waals surface area contributed by atoms with E-state index in [2.05, 4.69) is 9.98 Å². The van der Waals surface area contributed by atoms with E-state index in [9.17, 15) is 0 Å². The van der Waals surface area contributed by atoms with Gasteiger partial charge in [0.2, 0.25) is 0 Å². The second kappa shape index (κ2) is 5.01. The molecule has 0 aliphatic heterocycles. The Bertz CT molecular complexity index is 93.1. The number of hydrogen-bond donors (Lipinski definition) is 1. The van der Waals surface area contributed by atoms with Crippen molar-refractivity contribution in [3.05, 3.63) is 0 Å². The minimum absolute atomic E-state index is 0.938. The maximum atomic E-state index is 6.38. The van der Waals surface area contributed by atoms with Crippen molar-refractivity contribution in [1.29, 1.82) is 5.41 Å². The van der Waals surface area contributed by atoms with Crippen LogP contribution in [0.15, 0.2) is 9.98 Å². The third kappa shape index (κ3) is 5.01. The molecule has 0 unspecified atom stereocenters. The van der Waals surface area contributed by atoms with Crippen molar-refractivity contribution in [2.24, 2.45) is 9.98 Å². The Morgan fingerprint density at radius 2 is 2.14 bits per heavy atom. The molecular weight excluding hydrogens is 90.1 g/mol. The molecule has 0 aromatic heterocycles. The van der Waals surface area contributed by atoms with Gasteiger partial charge in [0.1, 0.15) is 12.7 Å². The standard InChI is InChI=1S/C4H7N3/c1-2-6-4-7-3-5/h2-5H,1H3. The van der Waals surface area contributed by atoms with Gasteiger partial charge in [0, 0.05) is 6.21 Å². The molecular formula is C4H7N3. The minimum Gasteiger partial charge on any atom is -0.289 e. The Labute approximate surface area is 42.3 Å². The van der Waals surface area contributed by atoms with Gasteiger partial charge in [0.25, 0.3) is 0 Å². The summed E-state index contributed by atoms with van der Waals surface area (Å²) in [5.74, 6) is 0. The molecule has 0 saturated carbocycles. The van der Waals surface area contributed by atoms with E-state index < -0.39 is 0 Å². The average Bonchev–Trinajstić information content (AvgIpc) is 1.69. The van der Waals surface area contributed by atoms with Crippen molar-refractivity contribution in [2.45, 2.75) is 6.92 Å². The highest BCUT2D eigenvalue weighted by atomic mass is 14.8. The summed E-state index contributed by atoms with van der Waals surface area (Å²) < 4.78 is 0. The summed E-state index contributed by atoms with van der Waals surface area (Å²) in [7, 11) is 0. The van der Waals surface area contributed by atoms with Gasteiger partial charge in [0.05, 0.1) is 0 Å². The van der Waals surface area contributed by atoms with Crippen molar-refractivity contribution >= 4 is 18.9 Å². The molecule has 0 spiro atoms. The fourth-order valence-electron chi connectivity index (χ4n) is 0.138. The molecule has 0 aliphatic rings. The summed E-state index contributed by atoms with van der Waals surface area (Å²) in [6.07, 6.45) is 3.85. The highest BCUT2D eigenvalue weighted by Gasteiger charge is 1.53. The third-order valence-corrected chi connectivity index (χ3v) is 0.357. The number of nitrogens with zero attached hydrogens (tertiary/aromatic N) is 2. The Hall–Kier alpha value is -0.990. The van der Waals surface area contributed by atoms with Gasteiger partial charge in [-0.1, -0.05) is 0 Å². The van der Waals surface area contributed by atoms with Crippen LogP contribution in [0.4, 0.5) is 0 Å². The molecule has 0 aromatic rings. The van der Waals surface area contributed by atoms with E-state index in [0.29, 0.717) is 0 Å². The Balaban J connectivity index is 3.27. The molecule has 0 fully saturated rings. The lowest BCUT2D eigenvalue weighted by Crippen LogP contribution is -1.65. The highest BCUT2D eigenvalue weighted by Crippen LogP contribution is 1.55. The monoisotopic (exact) mass is 97.1 g/mol. The first kappa shape index (κ1) is 6.01. The first-order chi connectivity index (χ1) is 3.41. The van der Waals surface area contributed by atoms with Crippen LogP contribution in [0.25, 0.3) is 0 Å². The van der Waals surface area contributed by atoms with E-state index in [-0.39, 0.29) is 0 Å². The predicted octanol–water partition coefficient (Wildman–Crippen LogP) is 0.712. The normalized spacial score (nSPS) is 11.0. The lowest BCUT2D eigenvalue weighted by molar-refractivity contribution is 1.51. The molecule has 1 N–H and O–H groups in total. The van der Waals surface area contributed by atoms with Gasteiger partial charge in [0.15, 0.2) is 0 Å². The summed E-state index contributed by atoms with van der Waals surface area (Å²) in [6.45, 7) is 1.79. The Morgan fingerprint density at radius 1 is 1.43 bits per heavy atom. The van der Waals surface area contributed by atoms with Crippen LogP contribution in [0.5, 0.6) is 0 Å². The molecule has 0 aromatic carbocycles. The van der Waals surface area contributed by atoms with Gasteiger partial charge >= 0.3 is 0 Å². The third-order valence-electron chi connectivity index (χ3n) is 0.357. The van der Waals surface area contributed by atoms with Crippen molar-refractivity contribution in [3.63, 3.8) is 0 Å². The van der Waals surface area contributed by atoms with Crippen molar-refractivity contribution in [3.8, 4) is 0 Å². The summed E-state index contributed by atoms with van der Waals surface area (Å²) in [4.78, 5) is 6.97. The van der Waals surface area contributed by atoms with Gasteiger partial charge in [-0.05, 0) is 6.92 Å². The quantitative estimate of drug-likeness (QED) is 0.390. The van der Waals surface area contributed by atoms with Crippen molar-refractivity contribution in [1.82, 2.24) is 0 Å². The van der Waals surface area contributed by atoms with Crippen LogP contribution in [0.2, 0.25) is 0 Å². The maximum absolute atomic E-state index is 6.38. The molecule has 38 valence electrons. The van der Waals surface area contributed by atoms with Crippen LogP contribution >= 0.6 is 0 Å². The lowest BCUT2D eigenvalue weighted by Gasteiger charge is -1.66. The molecule has 0 rings (SSSR count). The number of hydrogen-bond acceptors (Lipinski definition) is 1. The van der Waals surface area contributed by atoms with Crippen LogP contribution < -0.4 is 0 Å². The summed E-state index contributed by atoms with van der Waals surface area (Å²) in [5.41, 5.74) is 0. The molecule has 0 atom stereocenters. The van der Waals surface area contributed by atoms with Crippen molar-refractivity contribution < 1.29 is 0 Å². The smallest absolute Gasteiger partial charge is 0.116 e. The first-order valence-electron chi connectivity index (χ1n) is 1.90. The number of rotatable bonds is 2. The molecule has 0 radical (unpaired) electrons. The van der Waals surface area contributed by atoms with Crippen LogP contribution in [-0.2, 0) is 0 Å². The van der Waals surface area contributed by atoms with Crippen LogP contribution in [0, 0.1) is 5.41 Å². The Morgan fingerprint density at radius 3 is 2.57 bits per heavy atom. The SMILES string of the molecule is CC=NC=NC=N. The maximum Gasteiger partial charge on any atom is 0.116 e. The van der Waals surface area contributed by atoms with Gasteiger partial charge in [-0.25, -0.2) is 9.98 Å². The molecule has 3 heteroatoms. The van der Waals surface area contributed by atoms with Gasteiger partial charge in [-0.15, -0.1) is 0 Å². The van der Waals surface area contributed by atoms with Crippen molar-refractivity contribution in [2.75, 3.05) is 0 Å². The minimum atomic E-state index is 0.938. The van der Waals surface area contributed by atoms with Crippen LogP contribution in [0.3, 0.4) is 0 Å². The van der Waals surface area contributed by atoms with Crippen LogP contribution in [-0.4, -0.2) is 18.9 Å². The molecule has 7 heavy (non-hydrogen) atoms. The summed E-state index contributed by atoms with van der Waals surface area (Å²) in [5, 5.41) is 6.38. The van der Waals surface area contributed by atoms with E-state index in [1.807, 2.05) is 0 Å². The van der Waals surface area contributed by atoms with Gasteiger partial charge in [-0.2, -0.15) is 0 Å². The zero-order valence-electron chi connectivity index (χ0n) is 4.13. The second-order valence-corrected chi connectivity index (χ2v) is 0.801. The Kier molecular flexibility index (Phi) is 4.30. The molecule has 0 aliphatic carbocycles. The number of aliphatic imine (C=N–C) groups is 2. The summed E-state index contributed by atoms with van der Waals surface area (Å²) >= 11 is 0. The van der Waals surface area contributed by atoms with E-state index in [4.69, 9.17) is 5.41 Å². The average molecular weight is 97.1 g/mol. The molecule has 0 heterocycles. The number of nitrogens with one attached hydrogen (secondary N) is 1. The van der Waals surface area contributed by atoms with Crippen LogP contribution in [0.1, 0.15) is 6.92 Å².